The van der Waals surface area contributed by atoms with E-state index < -0.39 is 5.60 Å². The molecule has 1 aromatic heterocycles. The van der Waals surface area contributed by atoms with Crippen LogP contribution in [-0.4, -0.2) is 16.6 Å². The fourth-order valence-corrected chi connectivity index (χ4v) is 2.99. The van der Waals surface area contributed by atoms with Gasteiger partial charge < -0.3 is 4.74 Å². The fourth-order valence-electron chi connectivity index (χ4n) is 2.60. The third-order valence-electron chi connectivity index (χ3n) is 3.94. The molecule has 1 aromatic rings. The van der Waals surface area contributed by atoms with Crippen LogP contribution in [0.1, 0.15) is 50.9 Å². The molecule has 0 N–H and O–H groups in total. The average Bonchev–Trinajstić information content (AvgIpc) is 2.38. The first-order chi connectivity index (χ1) is 8.98. The van der Waals surface area contributed by atoms with Gasteiger partial charge in [-0.2, -0.15) is 0 Å². The number of halogens is 2. The van der Waals surface area contributed by atoms with Crippen molar-refractivity contribution in [2.45, 2.75) is 52.1 Å². The minimum Gasteiger partial charge on any atom is -0.367 e. The van der Waals surface area contributed by atoms with Crippen molar-refractivity contribution in [3.8, 4) is 0 Å². The Bertz CT molecular complexity index is 434. The predicted octanol–water partition coefficient (Wildman–Crippen LogP) is 4.53. The van der Waals surface area contributed by atoms with Crippen molar-refractivity contribution >= 4 is 23.2 Å². The predicted molar refractivity (Wildman–Crippen MR) is 77.7 cm³/mol. The van der Waals surface area contributed by atoms with Gasteiger partial charge in [-0.3, -0.25) is 0 Å². The first kappa shape index (κ1) is 15.0. The molecule has 0 aromatic carbocycles. The van der Waals surface area contributed by atoms with E-state index in [2.05, 4.69) is 16.9 Å². The largest absolute Gasteiger partial charge is 0.367 e. The zero-order chi connectivity index (χ0) is 14.0. The highest BCUT2D eigenvalue weighted by Gasteiger charge is 2.39. The molecule has 19 heavy (non-hydrogen) atoms. The molecule has 0 aliphatic heterocycles. The van der Waals surface area contributed by atoms with Crippen molar-refractivity contribution in [1.29, 1.82) is 0 Å². The molecule has 1 aliphatic rings. The van der Waals surface area contributed by atoms with Gasteiger partial charge in [-0.05, 0) is 45.4 Å². The van der Waals surface area contributed by atoms with Crippen molar-refractivity contribution < 1.29 is 4.74 Å². The van der Waals surface area contributed by atoms with Crippen LogP contribution in [0.15, 0.2) is 0 Å². The smallest absolute Gasteiger partial charge is 0.163 e. The molecule has 1 fully saturated rings. The quantitative estimate of drug-likeness (QED) is 0.769. The van der Waals surface area contributed by atoms with Gasteiger partial charge in [0.15, 0.2) is 5.82 Å². The third-order valence-corrected chi connectivity index (χ3v) is 4.67. The maximum atomic E-state index is 6.14. The maximum absolute atomic E-state index is 6.14. The number of aromatic nitrogens is 2. The van der Waals surface area contributed by atoms with Gasteiger partial charge in [0.05, 0.1) is 0 Å². The zero-order valence-electron chi connectivity index (χ0n) is 11.7. The lowest BCUT2D eigenvalue weighted by atomic mass is 9.79. The monoisotopic (exact) mass is 302 g/mol. The van der Waals surface area contributed by atoms with Crippen LogP contribution in [0.5, 0.6) is 0 Å². The van der Waals surface area contributed by atoms with Gasteiger partial charge in [0.25, 0.3) is 0 Å². The summed E-state index contributed by atoms with van der Waals surface area (Å²) in [5.41, 5.74) is 0.310. The Labute approximate surface area is 124 Å². The lowest BCUT2D eigenvalue weighted by molar-refractivity contribution is -0.0837. The van der Waals surface area contributed by atoms with E-state index in [0.717, 1.165) is 37.2 Å². The van der Waals surface area contributed by atoms with Crippen LogP contribution in [0.2, 0.25) is 10.3 Å². The summed E-state index contributed by atoms with van der Waals surface area (Å²) in [5, 5.41) is 0.848. The average molecular weight is 303 g/mol. The van der Waals surface area contributed by atoms with Gasteiger partial charge in [0, 0.05) is 12.2 Å². The summed E-state index contributed by atoms with van der Waals surface area (Å²) in [5.74, 6) is 1.37. The molecule has 0 bridgehead atoms. The molecule has 2 rings (SSSR count). The van der Waals surface area contributed by atoms with E-state index in [4.69, 9.17) is 27.9 Å². The second-order valence-corrected chi connectivity index (χ2v) is 6.08. The van der Waals surface area contributed by atoms with E-state index >= 15 is 0 Å². The molecule has 0 atom stereocenters. The highest BCUT2D eigenvalue weighted by atomic mass is 35.5. The van der Waals surface area contributed by atoms with Crippen molar-refractivity contribution in [2.24, 2.45) is 5.92 Å². The Hall–Kier alpha value is -0.380. The SMILES string of the molecule is CCOC1(c2nc(Cl)c(C)c(Cl)n2)CCC(C)CC1. The second-order valence-electron chi connectivity index (χ2n) is 5.36. The number of ether oxygens (including phenoxy) is 1. The number of nitrogens with zero attached hydrogens (tertiary/aromatic N) is 2. The van der Waals surface area contributed by atoms with E-state index in [-0.39, 0.29) is 0 Å². The Balaban J connectivity index is 2.39. The Kier molecular flexibility index (Phi) is 4.70. The summed E-state index contributed by atoms with van der Waals surface area (Å²) >= 11 is 12.3. The molecule has 0 radical (unpaired) electrons. The van der Waals surface area contributed by atoms with Crippen LogP contribution >= 0.6 is 23.2 Å². The highest BCUT2D eigenvalue weighted by molar-refractivity contribution is 6.34. The van der Waals surface area contributed by atoms with Crippen molar-refractivity contribution in [3.05, 3.63) is 21.7 Å². The molecule has 0 unspecified atom stereocenters. The van der Waals surface area contributed by atoms with Crippen LogP contribution < -0.4 is 0 Å². The van der Waals surface area contributed by atoms with E-state index in [1.807, 2.05) is 13.8 Å². The number of rotatable bonds is 3. The Morgan fingerprint density at radius 3 is 2.21 bits per heavy atom. The number of hydrogen-bond donors (Lipinski definition) is 0. The van der Waals surface area contributed by atoms with E-state index in [9.17, 15) is 0 Å². The van der Waals surface area contributed by atoms with Crippen LogP contribution in [0, 0.1) is 12.8 Å². The summed E-state index contributed by atoms with van der Waals surface area (Å²) in [6, 6.07) is 0. The molecular weight excluding hydrogens is 283 g/mol. The molecule has 0 amide bonds. The molecule has 1 aliphatic carbocycles. The lowest BCUT2D eigenvalue weighted by Gasteiger charge is -2.37. The van der Waals surface area contributed by atoms with E-state index in [1.165, 1.54) is 0 Å². The van der Waals surface area contributed by atoms with Crippen molar-refractivity contribution in [2.75, 3.05) is 6.61 Å². The minimum atomic E-state index is -0.414. The fraction of sp³-hybridized carbons (Fsp3) is 0.714. The molecule has 0 saturated heterocycles. The molecule has 3 nitrogen and oxygen atoms in total. The summed E-state index contributed by atoms with van der Waals surface area (Å²) in [7, 11) is 0. The van der Waals surface area contributed by atoms with Gasteiger partial charge >= 0.3 is 0 Å². The minimum absolute atomic E-state index is 0.414. The summed E-state index contributed by atoms with van der Waals surface area (Å²) in [4.78, 5) is 8.84. The number of hydrogen-bond acceptors (Lipinski definition) is 3. The molecule has 5 heteroatoms. The van der Waals surface area contributed by atoms with E-state index in [1.54, 1.807) is 0 Å². The first-order valence-corrected chi connectivity index (χ1v) is 7.58. The molecule has 1 saturated carbocycles. The van der Waals surface area contributed by atoms with Crippen LogP contribution in [0.25, 0.3) is 0 Å². The van der Waals surface area contributed by atoms with Gasteiger partial charge in [0.2, 0.25) is 0 Å². The molecule has 1 heterocycles. The topological polar surface area (TPSA) is 35.0 Å². The maximum Gasteiger partial charge on any atom is 0.163 e. The normalized spacial score (nSPS) is 27.5. The Morgan fingerprint density at radius 2 is 1.74 bits per heavy atom. The summed E-state index contributed by atoms with van der Waals surface area (Å²) < 4.78 is 6.01. The zero-order valence-corrected chi connectivity index (χ0v) is 13.2. The van der Waals surface area contributed by atoms with Crippen LogP contribution in [-0.2, 0) is 10.3 Å². The van der Waals surface area contributed by atoms with E-state index in [0.29, 0.717) is 22.7 Å². The van der Waals surface area contributed by atoms with Gasteiger partial charge in [-0.1, -0.05) is 30.1 Å². The highest BCUT2D eigenvalue weighted by Crippen LogP contribution is 2.42. The summed E-state index contributed by atoms with van der Waals surface area (Å²) in [6.07, 6.45) is 4.09. The molecule has 106 valence electrons. The van der Waals surface area contributed by atoms with Crippen molar-refractivity contribution in [3.63, 3.8) is 0 Å². The van der Waals surface area contributed by atoms with Gasteiger partial charge in [0.1, 0.15) is 15.9 Å². The summed E-state index contributed by atoms with van der Waals surface area (Å²) in [6.45, 7) is 6.73. The first-order valence-electron chi connectivity index (χ1n) is 6.82. The van der Waals surface area contributed by atoms with Gasteiger partial charge in [-0.25, -0.2) is 9.97 Å². The molecular formula is C14H20Cl2N2O. The van der Waals surface area contributed by atoms with Crippen LogP contribution in [0.3, 0.4) is 0 Å². The third kappa shape index (κ3) is 3.04. The Morgan fingerprint density at radius 1 is 1.21 bits per heavy atom. The van der Waals surface area contributed by atoms with Crippen molar-refractivity contribution in [1.82, 2.24) is 9.97 Å². The van der Waals surface area contributed by atoms with Crippen LogP contribution in [0.4, 0.5) is 0 Å². The second kappa shape index (κ2) is 5.94. The molecule has 0 spiro atoms. The lowest BCUT2D eigenvalue weighted by Crippen LogP contribution is -2.36. The van der Waals surface area contributed by atoms with Gasteiger partial charge in [-0.15, -0.1) is 0 Å². The standard InChI is InChI=1S/C14H20Cl2N2O/c1-4-19-14(7-5-9(2)6-8-14)13-17-11(15)10(3)12(16)18-13/h9H,4-8H2,1-3H3.